The quantitative estimate of drug-likeness (QED) is 0.445. The largest absolute Gasteiger partial charge is 0.490 e. The van der Waals surface area contributed by atoms with Crippen LogP contribution in [0.2, 0.25) is 0 Å². The highest BCUT2D eigenvalue weighted by atomic mass is 16.6. The molecule has 2 amide bonds. The first-order chi connectivity index (χ1) is 11.5. The zero-order valence-corrected chi connectivity index (χ0v) is 13.3. The second-order valence-corrected chi connectivity index (χ2v) is 4.38. The van der Waals surface area contributed by atoms with Gasteiger partial charge in [0.15, 0.2) is 6.61 Å². The third kappa shape index (κ3) is 7.79. The third-order valence-corrected chi connectivity index (χ3v) is 2.52. The summed E-state index contributed by atoms with van der Waals surface area (Å²) in [6, 6.07) is 7.02. The Hall–Kier alpha value is -3.09. The predicted octanol–water partition coefficient (Wildman–Crippen LogP) is 2.08. The van der Waals surface area contributed by atoms with Crippen LogP contribution in [0.4, 0.5) is 4.79 Å². The van der Waals surface area contributed by atoms with E-state index in [1.807, 2.05) is 5.32 Å². The summed E-state index contributed by atoms with van der Waals surface area (Å²) in [5, 5.41) is 1.91. The van der Waals surface area contributed by atoms with Crippen molar-refractivity contribution in [1.29, 1.82) is 0 Å². The van der Waals surface area contributed by atoms with Gasteiger partial charge in [-0.15, -0.1) is 0 Å². The van der Waals surface area contributed by atoms with Gasteiger partial charge in [0.2, 0.25) is 0 Å². The molecule has 7 nitrogen and oxygen atoms in total. The first-order valence-electron chi connectivity index (χ1n) is 7.20. The predicted molar refractivity (Wildman–Crippen MR) is 87.3 cm³/mol. The van der Waals surface area contributed by atoms with E-state index < -0.39 is 24.6 Å². The molecule has 128 valence electrons. The molecule has 1 aromatic carbocycles. The molecule has 0 spiro atoms. The number of carbonyl (C=O) groups is 3. The van der Waals surface area contributed by atoms with Crippen molar-refractivity contribution < 1.29 is 28.6 Å². The van der Waals surface area contributed by atoms with Crippen LogP contribution in [0, 0.1) is 0 Å². The van der Waals surface area contributed by atoms with E-state index in [1.54, 1.807) is 37.3 Å². The van der Waals surface area contributed by atoms with E-state index in [0.29, 0.717) is 12.4 Å². The van der Waals surface area contributed by atoms with Crippen molar-refractivity contribution in [2.24, 2.45) is 0 Å². The van der Waals surface area contributed by atoms with Crippen LogP contribution in [-0.2, 0) is 19.1 Å². The lowest BCUT2D eigenvalue weighted by molar-refractivity contribution is -0.143. The van der Waals surface area contributed by atoms with E-state index in [4.69, 9.17) is 9.47 Å². The van der Waals surface area contributed by atoms with E-state index in [-0.39, 0.29) is 6.61 Å². The Morgan fingerprint density at radius 3 is 2.50 bits per heavy atom. The number of ether oxygens (including phenoxy) is 3. The lowest BCUT2D eigenvalue weighted by Crippen LogP contribution is -2.34. The Morgan fingerprint density at radius 1 is 1.17 bits per heavy atom. The third-order valence-electron chi connectivity index (χ3n) is 2.52. The summed E-state index contributed by atoms with van der Waals surface area (Å²) in [6.07, 6.45) is 3.47. The topological polar surface area (TPSA) is 90.9 Å². The van der Waals surface area contributed by atoms with E-state index in [2.05, 4.69) is 11.3 Å². The van der Waals surface area contributed by atoms with Crippen LogP contribution < -0.4 is 10.1 Å². The molecule has 1 N–H and O–H groups in total. The van der Waals surface area contributed by atoms with Crippen molar-refractivity contribution >= 4 is 24.0 Å². The zero-order valence-electron chi connectivity index (χ0n) is 13.3. The standard InChI is InChI=1S/C17H19NO6/c1-3-11-23-14-8-5-13(6-9-14)7-10-16(20)24-12-15(19)18-17(21)22-4-2/h3,5-10H,1,4,11-12H2,2H3,(H,18,19,21). The molecule has 0 heterocycles. The molecule has 0 fully saturated rings. The Kier molecular flexibility index (Phi) is 8.38. The van der Waals surface area contributed by atoms with E-state index in [0.717, 1.165) is 5.56 Å². The fourth-order valence-corrected chi connectivity index (χ4v) is 1.50. The summed E-state index contributed by atoms with van der Waals surface area (Å²) in [5.74, 6) is -0.787. The molecule has 0 aromatic heterocycles. The number of esters is 1. The van der Waals surface area contributed by atoms with Crippen LogP contribution in [0.15, 0.2) is 43.0 Å². The first kappa shape index (κ1) is 19.0. The van der Waals surface area contributed by atoms with Crippen molar-refractivity contribution in [1.82, 2.24) is 5.32 Å². The molecule has 0 aliphatic rings. The fourth-order valence-electron chi connectivity index (χ4n) is 1.50. The summed E-state index contributed by atoms with van der Waals surface area (Å²) in [6.45, 7) is 5.14. The van der Waals surface area contributed by atoms with Crippen LogP contribution in [-0.4, -0.2) is 37.8 Å². The first-order valence-corrected chi connectivity index (χ1v) is 7.20. The van der Waals surface area contributed by atoms with Gasteiger partial charge in [0.25, 0.3) is 5.91 Å². The molecule has 0 radical (unpaired) electrons. The van der Waals surface area contributed by atoms with Crippen LogP contribution in [0.1, 0.15) is 12.5 Å². The number of nitrogens with one attached hydrogen (secondary N) is 1. The van der Waals surface area contributed by atoms with E-state index in [9.17, 15) is 14.4 Å². The monoisotopic (exact) mass is 333 g/mol. The molecular formula is C17H19NO6. The fraction of sp³-hybridized carbons (Fsp3) is 0.235. The molecule has 0 bridgehead atoms. The molecule has 24 heavy (non-hydrogen) atoms. The summed E-state index contributed by atoms with van der Waals surface area (Å²) in [4.78, 5) is 33.8. The normalized spacial score (nSPS) is 10.0. The maximum Gasteiger partial charge on any atom is 0.413 e. The van der Waals surface area contributed by atoms with Gasteiger partial charge in [-0.25, -0.2) is 9.59 Å². The lowest BCUT2D eigenvalue weighted by atomic mass is 10.2. The molecule has 0 saturated carbocycles. The van der Waals surface area contributed by atoms with Gasteiger partial charge < -0.3 is 14.2 Å². The van der Waals surface area contributed by atoms with Gasteiger partial charge in [-0.1, -0.05) is 24.8 Å². The highest BCUT2D eigenvalue weighted by molar-refractivity contribution is 5.94. The number of rotatable bonds is 8. The minimum atomic E-state index is -0.882. The van der Waals surface area contributed by atoms with Gasteiger partial charge >= 0.3 is 12.1 Å². The average Bonchev–Trinajstić information content (AvgIpc) is 2.57. The molecule has 1 aromatic rings. The molecular weight excluding hydrogens is 314 g/mol. The van der Waals surface area contributed by atoms with Crippen LogP contribution in [0.3, 0.4) is 0 Å². The number of imide groups is 1. The molecule has 0 atom stereocenters. The maximum absolute atomic E-state index is 11.5. The summed E-state index contributed by atoms with van der Waals surface area (Å²) in [5.41, 5.74) is 0.758. The summed E-state index contributed by atoms with van der Waals surface area (Å²) < 4.78 is 14.6. The summed E-state index contributed by atoms with van der Waals surface area (Å²) >= 11 is 0. The van der Waals surface area contributed by atoms with Gasteiger partial charge in [-0.05, 0) is 30.7 Å². The minimum absolute atomic E-state index is 0.138. The second kappa shape index (κ2) is 10.6. The highest BCUT2D eigenvalue weighted by Gasteiger charge is 2.09. The molecule has 0 aliphatic heterocycles. The smallest absolute Gasteiger partial charge is 0.413 e. The van der Waals surface area contributed by atoms with Crippen molar-refractivity contribution in [3.8, 4) is 5.75 Å². The molecule has 0 aliphatic carbocycles. The van der Waals surface area contributed by atoms with E-state index >= 15 is 0 Å². The number of hydrogen-bond acceptors (Lipinski definition) is 6. The number of alkyl carbamates (subject to hydrolysis) is 1. The number of benzene rings is 1. The highest BCUT2D eigenvalue weighted by Crippen LogP contribution is 2.13. The number of hydrogen-bond donors (Lipinski definition) is 1. The Balaban J connectivity index is 2.38. The van der Waals surface area contributed by atoms with Crippen molar-refractivity contribution in [3.63, 3.8) is 0 Å². The van der Waals surface area contributed by atoms with Crippen molar-refractivity contribution in [2.75, 3.05) is 19.8 Å². The van der Waals surface area contributed by atoms with Crippen LogP contribution >= 0.6 is 0 Å². The van der Waals surface area contributed by atoms with Crippen LogP contribution in [0.5, 0.6) is 5.75 Å². The van der Waals surface area contributed by atoms with Gasteiger partial charge in [0, 0.05) is 6.08 Å². The van der Waals surface area contributed by atoms with Gasteiger partial charge in [-0.2, -0.15) is 0 Å². The Bertz CT molecular complexity index is 606. The number of carbonyl (C=O) groups excluding carboxylic acids is 3. The van der Waals surface area contributed by atoms with Crippen molar-refractivity contribution in [3.05, 3.63) is 48.6 Å². The Labute approximate surface area is 139 Å². The molecule has 1 rings (SSSR count). The van der Waals surface area contributed by atoms with Gasteiger partial charge in [0.1, 0.15) is 12.4 Å². The minimum Gasteiger partial charge on any atom is -0.490 e. The van der Waals surface area contributed by atoms with Crippen molar-refractivity contribution in [2.45, 2.75) is 6.92 Å². The van der Waals surface area contributed by atoms with Crippen LogP contribution in [0.25, 0.3) is 6.08 Å². The SMILES string of the molecule is C=CCOc1ccc(C=CC(=O)OCC(=O)NC(=O)OCC)cc1. The Morgan fingerprint density at radius 2 is 1.88 bits per heavy atom. The lowest BCUT2D eigenvalue weighted by Gasteiger charge is -2.04. The van der Waals surface area contributed by atoms with Gasteiger partial charge in [0.05, 0.1) is 6.61 Å². The average molecular weight is 333 g/mol. The molecule has 7 heteroatoms. The zero-order chi connectivity index (χ0) is 17.8. The molecule has 0 unspecified atom stereocenters. The number of amides is 2. The van der Waals surface area contributed by atoms with Gasteiger partial charge in [-0.3, -0.25) is 10.1 Å². The second-order valence-electron chi connectivity index (χ2n) is 4.38. The molecule has 0 saturated heterocycles. The maximum atomic E-state index is 11.5. The summed E-state index contributed by atoms with van der Waals surface area (Å²) in [7, 11) is 0. The van der Waals surface area contributed by atoms with E-state index in [1.165, 1.54) is 12.2 Å².